The molecule has 0 aliphatic carbocycles. The summed E-state index contributed by atoms with van der Waals surface area (Å²) in [6.45, 7) is 10.8. The summed E-state index contributed by atoms with van der Waals surface area (Å²) in [6, 6.07) is -1.45. The van der Waals surface area contributed by atoms with Crippen molar-refractivity contribution >= 4 is 29.4 Å². The Labute approximate surface area is 154 Å². The Kier molecular flexibility index (Phi) is 10.1. The van der Waals surface area contributed by atoms with Crippen molar-refractivity contribution < 1.29 is 24.0 Å². The molecule has 1 unspecified atom stereocenters. The number of hydrogen-bond acceptors (Lipinski definition) is 5. The normalized spacial score (nSPS) is 15.3. The Hall–Kier alpha value is -2.51. The lowest BCUT2D eigenvalue weighted by atomic mass is 10.2. The lowest BCUT2D eigenvalue weighted by Crippen LogP contribution is -2.49. The highest BCUT2D eigenvalue weighted by Crippen LogP contribution is 2.04. The molecule has 0 spiro atoms. The molecule has 0 saturated carbocycles. The number of rotatable bonds is 7. The van der Waals surface area contributed by atoms with E-state index in [2.05, 4.69) is 31.4 Å². The Balaban J connectivity index is 0.00000141. The molecule has 146 valence electrons. The van der Waals surface area contributed by atoms with Crippen LogP contribution in [0.3, 0.4) is 0 Å². The van der Waals surface area contributed by atoms with Crippen LogP contribution in [0.4, 0.5) is 0 Å². The van der Waals surface area contributed by atoms with Crippen LogP contribution >= 0.6 is 0 Å². The first kappa shape index (κ1) is 23.5. The zero-order chi connectivity index (χ0) is 20.4. The van der Waals surface area contributed by atoms with Crippen molar-refractivity contribution in [3.05, 3.63) is 12.2 Å². The molecule has 2 N–H and O–H groups in total. The van der Waals surface area contributed by atoms with Gasteiger partial charge in [-0.15, -0.1) is 0 Å². The quantitative estimate of drug-likeness (QED) is 0.639. The van der Waals surface area contributed by atoms with E-state index in [1.807, 2.05) is 0 Å². The number of hydrogen-bond donors (Lipinski definition) is 2. The molecule has 0 aromatic heterocycles. The molecule has 2 atom stereocenters. The second kappa shape index (κ2) is 11.2. The van der Waals surface area contributed by atoms with Crippen LogP contribution in [0.15, 0.2) is 12.2 Å². The van der Waals surface area contributed by atoms with Crippen LogP contribution in [-0.2, 0) is 24.0 Å². The molecule has 1 rings (SSSR count). The number of nitrogens with one attached hydrogen (secondary N) is 2. The molecule has 0 aromatic rings. The third-order valence-corrected chi connectivity index (χ3v) is 3.20. The lowest BCUT2D eigenvalue weighted by Gasteiger charge is -2.18. The fourth-order valence-electron chi connectivity index (χ4n) is 1.68. The van der Waals surface area contributed by atoms with Gasteiger partial charge in [0, 0.05) is 25.1 Å². The average Bonchev–Trinajstić information content (AvgIpc) is 2.83. The van der Waals surface area contributed by atoms with Crippen molar-refractivity contribution in [1.82, 2.24) is 15.5 Å². The van der Waals surface area contributed by atoms with Gasteiger partial charge in [0.05, 0.1) is 6.04 Å². The zero-order valence-corrected chi connectivity index (χ0v) is 16.3. The van der Waals surface area contributed by atoms with Crippen LogP contribution in [-0.4, -0.2) is 52.9 Å². The second-order valence-corrected chi connectivity index (χ2v) is 6.77. The predicted octanol–water partition coefficient (Wildman–Crippen LogP) is 0.562. The summed E-state index contributed by atoms with van der Waals surface area (Å²) in [7, 11) is 0. The highest BCUT2D eigenvalue weighted by atomic mass is 16.2. The highest BCUT2D eigenvalue weighted by molar-refractivity contribution is 6.13. The van der Waals surface area contributed by atoms with Crippen LogP contribution in [0, 0.1) is 5.92 Å². The van der Waals surface area contributed by atoms with Gasteiger partial charge in [0.2, 0.25) is 11.8 Å². The molecule has 0 saturated heterocycles. The van der Waals surface area contributed by atoms with Crippen molar-refractivity contribution in [2.75, 3.05) is 6.54 Å². The SMILES string of the molecule is CC(=O)[C@H](C)NC(=O)C(C)NC(=O)CCN1C(=O)C=CC1=O.CC(C)C. The first-order valence-corrected chi connectivity index (χ1v) is 8.59. The maximum Gasteiger partial charge on any atom is 0.253 e. The van der Waals surface area contributed by atoms with Crippen molar-refractivity contribution in [3.8, 4) is 0 Å². The van der Waals surface area contributed by atoms with Crippen molar-refractivity contribution in [3.63, 3.8) is 0 Å². The molecule has 0 radical (unpaired) electrons. The summed E-state index contributed by atoms with van der Waals surface area (Å²) < 4.78 is 0. The van der Waals surface area contributed by atoms with E-state index in [1.54, 1.807) is 6.92 Å². The fraction of sp³-hybridized carbons (Fsp3) is 0.611. The van der Waals surface area contributed by atoms with Gasteiger partial charge in [-0.3, -0.25) is 28.9 Å². The molecule has 4 amide bonds. The summed E-state index contributed by atoms with van der Waals surface area (Å²) in [5.41, 5.74) is 0. The third-order valence-electron chi connectivity index (χ3n) is 3.20. The molecule has 1 heterocycles. The molecular weight excluding hydrogens is 338 g/mol. The topological polar surface area (TPSA) is 113 Å². The van der Waals surface area contributed by atoms with E-state index in [4.69, 9.17) is 0 Å². The number of amides is 4. The Morgan fingerprint density at radius 3 is 1.81 bits per heavy atom. The average molecular weight is 367 g/mol. The van der Waals surface area contributed by atoms with Gasteiger partial charge in [-0.25, -0.2) is 0 Å². The van der Waals surface area contributed by atoms with E-state index in [0.29, 0.717) is 0 Å². The molecule has 1 aliphatic heterocycles. The molecule has 0 bridgehead atoms. The van der Waals surface area contributed by atoms with Crippen molar-refractivity contribution in [2.24, 2.45) is 5.92 Å². The van der Waals surface area contributed by atoms with Gasteiger partial charge in [0.1, 0.15) is 6.04 Å². The van der Waals surface area contributed by atoms with Gasteiger partial charge in [0.15, 0.2) is 5.78 Å². The summed E-state index contributed by atoms with van der Waals surface area (Å²) in [5.74, 6) is -1.22. The largest absolute Gasteiger partial charge is 0.345 e. The molecule has 8 heteroatoms. The minimum absolute atomic E-state index is 0.0469. The first-order valence-electron chi connectivity index (χ1n) is 8.59. The van der Waals surface area contributed by atoms with E-state index in [-0.39, 0.29) is 18.7 Å². The summed E-state index contributed by atoms with van der Waals surface area (Å²) in [5, 5.41) is 4.91. The van der Waals surface area contributed by atoms with Gasteiger partial charge in [-0.05, 0) is 26.7 Å². The molecule has 0 fully saturated rings. The van der Waals surface area contributed by atoms with Crippen LogP contribution in [0.5, 0.6) is 0 Å². The summed E-state index contributed by atoms with van der Waals surface area (Å²) in [6.07, 6.45) is 2.18. The van der Waals surface area contributed by atoms with Crippen LogP contribution < -0.4 is 10.6 Å². The maximum atomic E-state index is 11.8. The number of ketones is 1. The Morgan fingerprint density at radius 1 is 0.923 bits per heavy atom. The second-order valence-electron chi connectivity index (χ2n) is 6.77. The minimum atomic E-state index is -0.822. The van der Waals surface area contributed by atoms with E-state index < -0.39 is 35.7 Å². The number of carbonyl (C=O) groups is 5. The lowest BCUT2D eigenvalue weighted by molar-refractivity contribution is -0.137. The summed E-state index contributed by atoms with van der Waals surface area (Å²) >= 11 is 0. The van der Waals surface area contributed by atoms with E-state index in [0.717, 1.165) is 23.0 Å². The Morgan fingerprint density at radius 2 is 1.38 bits per heavy atom. The Bertz CT molecular complexity index is 563. The minimum Gasteiger partial charge on any atom is -0.345 e. The number of nitrogens with zero attached hydrogens (tertiary/aromatic N) is 1. The van der Waals surface area contributed by atoms with E-state index in [1.165, 1.54) is 13.8 Å². The molecule has 1 aliphatic rings. The fourth-order valence-corrected chi connectivity index (χ4v) is 1.68. The van der Waals surface area contributed by atoms with Crippen LogP contribution in [0.25, 0.3) is 0 Å². The number of imide groups is 1. The smallest absolute Gasteiger partial charge is 0.253 e. The van der Waals surface area contributed by atoms with E-state index in [9.17, 15) is 24.0 Å². The monoisotopic (exact) mass is 367 g/mol. The standard InChI is InChI=1S/C14H19N3O5.C4H10/c1-8(10(3)18)16-14(22)9(2)15-11(19)6-7-17-12(20)4-5-13(17)21;1-4(2)3/h4-5,8-9H,6-7H2,1-3H3,(H,15,19)(H,16,22);4H,1-3H3/t8-,9?;/m0./s1. The van der Waals surface area contributed by atoms with Gasteiger partial charge in [-0.1, -0.05) is 20.8 Å². The maximum absolute atomic E-state index is 11.8. The molecule has 0 aromatic carbocycles. The summed E-state index contributed by atoms with van der Waals surface area (Å²) in [4.78, 5) is 58.1. The van der Waals surface area contributed by atoms with Gasteiger partial charge >= 0.3 is 0 Å². The highest BCUT2D eigenvalue weighted by Gasteiger charge is 2.24. The van der Waals surface area contributed by atoms with Crippen molar-refractivity contribution in [1.29, 1.82) is 0 Å². The van der Waals surface area contributed by atoms with Gasteiger partial charge < -0.3 is 10.6 Å². The van der Waals surface area contributed by atoms with Gasteiger partial charge in [0.25, 0.3) is 11.8 Å². The van der Waals surface area contributed by atoms with Crippen molar-refractivity contribution in [2.45, 2.75) is 60.0 Å². The van der Waals surface area contributed by atoms with Crippen LogP contribution in [0.2, 0.25) is 0 Å². The molecule has 26 heavy (non-hydrogen) atoms. The van der Waals surface area contributed by atoms with E-state index >= 15 is 0 Å². The molecular formula is C18H29N3O5. The first-order chi connectivity index (χ1) is 12.0. The third kappa shape index (κ3) is 9.10. The number of Topliss-reactive ketones (excluding diaryl/α,β-unsaturated/α-hetero) is 1. The van der Waals surface area contributed by atoms with Crippen LogP contribution in [0.1, 0.15) is 48.0 Å². The zero-order valence-electron chi connectivity index (χ0n) is 16.3. The predicted molar refractivity (Wildman–Crippen MR) is 96.9 cm³/mol. The van der Waals surface area contributed by atoms with Gasteiger partial charge in [-0.2, -0.15) is 0 Å². The molecule has 8 nitrogen and oxygen atoms in total. The number of carbonyl (C=O) groups excluding carboxylic acids is 5.